The summed E-state index contributed by atoms with van der Waals surface area (Å²) in [4.78, 5) is 2.85. The third-order valence-corrected chi connectivity index (χ3v) is 14.2. The van der Waals surface area contributed by atoms with E-state index < -0.39 is 0 Å². The third kappa shape index (κ3) is 2.57. The summed E-state index contributed by atoms with van der Waals surface area (Å²) < 4.78 is 7.45. The van der Waals surface area contributed by atoms with Crippen LogP contribution in [-0.4, -0.2) is 40.4 Å². The first kappa shape index (κ1) is 22.6. The van der Waals surface area contributed by atoms with Gasteiger partial charge in [-0.3, -0.25) is 4.90 Å². The summed E-state index contributed by atoms with van der Waals surface area (Å²) in [6, 6.07) is 11.8. The van der Waals surface area contributed by atoms with Crippen LogP contribution in [0.25, 0.3) is 0 Å². The van der Waals surface area contributed by atoms with Gasteiger partial charge in [-0.2, -0.15) is 0 Å². The van der Waals surface area contributed by atoms with E-state index in [1.165, 1.54) is 69.9 Å². The minimum atomic E-state index is -0.194. The van der Waals surface area contributed by atoms with E-state index in [4.69, 9.17) is 4.74 Å². The third-order valence-electron chi connectivity index (χ3n) is 14.2. The molecule has 3 spiro atoms. The maximum Gasteiger partial charge on any atom is 0.0793 e. The largest absolute Gasteiger partial charge is 0.389 e. The van der Waals surface area contributed by atoms with E-state index in [1.807, 2.05) is 0 Å². The molecule has 0 bridgehead atoms. The molecular formula is C34H45NO2. The number of aliphatic hydroxyl groups excluding tert-OH is 1. The Balaban J connectivity index is 1.03. The van der Waals surface area contributed by atoms with Crippen molar-refractivity contribution < 1.29 is 9.84 Å². The molecule has 0 radical (unpaired) electrons. The van der Waals surface area contributed by atoms with Gasteiger partial charge in [0.05, 0.1) is 17.8 Å². The molecule has 2 heterocycles. The lowest BCUT2D eigenvalue weighted by Crippen LogP contribution is -2.64. The van der Waals surface area contributed by atoms with Crippen LogP contribution in [0.1, 0.15) is 83.6 Å². The van der Waals surface area contributed by atoms with Crippen molar-refractivity contribution in [2.75, 3.05) is 6.54 Å². The first-order valence-corrected chi connectivity index (χ1v) is 15.7. The zero-order valence-corrected chi connectivity index (χ0v) is 22.9. The van der Waals surface area contributed by atoms with Gasteiger partial charge in [-0.25, -0.2) is 0 Å². The lowest BCUT2D eigenvalue weighted by atomic mass is 9.47. The highest BCUT2D eigenvalue weighted by molar-refractivity contribution is 5.42. The second kappa shape index (κ2) is 7.12. The molecule has 6 aliphatic carbocycles. The van der Waals surface area contributed by atoms with Gasteiger partial charge in [0.2, 0.25) is 0 Å². The van der Waals surface area contributed by atoms with Gasteiger partial charge >= 0.3 is 0 Å². The van der Waals surface area contributed by atoms with E-state index in [0.717, 1.165) is 42.6 Å². The van der Waals surface area contributed by atoms with Crippen molar-refractivity contribution in [3.05, 3.63) is 47.5 Å². The van der Waals surface area contributed by atoms with E-state index in [-0.39, 0.29) is 11.7 Å². The summed E-state index contributed by atoms with van der Waals surface area (Å²) in [5.41, 5.74) is 4.69. The van der Waals surface area contributed by atoms with E-state index in [9.17, 15) is 5.11 Å². The molecule has 3 unspecified atom stereocenters. The maximum absolute atomic E-state index is 10.4. The van der Waals surface area contributed by atoms with E-state index in [0.29, 0.717) is 28.4 Å². The highest BCUT2D eigenvalue weighted by Gasteiger charge is 2.91. The molecule has 2 saturated heterocycles. The molecule has 9 rings (SSSR count). The van der Waals surface area contributed by atoms with Crippen LogP contribution in [0.15, 0.2) is 42.0 Å². The number of ether oxygens (including phenoxy) is 1. The smallest absolute Gasteiger partial charge is 0.0793 e. The Labute approximate surface area is 223 Å². The number of allylic oxidation sites excluding steroid dienone is 1. The predicted molar refractivity (Wildman–Crippen MR) is 145 cm³/mol. The minimum absolute atomic E-state index is 0.188. The Morgan fingerprint density at radius 1 is 1.03 bits per heavy atom. The van der Waals surface area contributed by atoms with Crippen LogP contribution in [0.2, 0.25) is 0 Å². The minimum Gasteiger partial charge on any atom is -0.389 e. The summed E-state index contributed by atoms with van der Waals surface area (Å²) in [5.74, 6) is 4.19. The Hall–Kier alpha value is -1.16. The van der Waals surface area contributed by atoms with Crippen LogP contribution in [0.4, 0.5) is 0 Å². The van der Waals surface area contributed by atoms with E-state index in [2.05, 4.69) is 55.2 Å². The number of nitrogens with zero attached hydrogens (tertiary/aromatic N) is 1. The number of fused-ring (bicyclic) bond motifs is 6. The average Bonchev–Trinajstić information content (AvgIpc) is 3.36. The number of piperidine rings is 1. The Kier molecular flexibility index (Phi) is 4.36. The Bertz CT molecular complexity index is 1160. The van der Waals surface area contributed by atoms with Gasteiger partial charge in [-0.05, 0) is 104 Å². The number of benzene rings is 1. The molecule has 5 saturated carbocycles. The van der Waals surface area contributed by atoms with Crippen molar-refractivity contribution in [3.8, 4) is 0 Å². The molecule has 198 valence electrons. The number of hydrogen-bond acceptors (Lipinski definition) is 3. The van der Waals surface area contributed by atoms with Gasteiger partial charge in [0.25, 0.3) is 0 Å². The fourth-order valence-corrected chi connectivity index (χ4v) is 12.9. The van der Waals surface area contributed by atoms with E-state index >= 15 is 0 Å². The number of rotatable bonds is 2. The number of likely N-dealkylation sites (tertiary alicyclic amines) is 1. The molecule has 0 amide bonds. The van der Waals surface area contributed by atoms with Crippen molar-refractivity contribution in [1.82, 2.24) is 4.90 Å². The van der Waals surface area contributed by atoms with Crippen LogP contribution >= 0.6 is 0 Å². The molecular weight excluding hydrogens is 454 g/mol. The molecule has 1 aromatic carbocycles. The van der Waals surface area contributed by atoms with Crippen LogP contribution in [-0.2, 0) is 11.3 Å². The van der Waals surface area contributed by atoms with Crippen LogP contribution in [0, 0.1) is 45.8 Å². The molecule has 0 aromatic heterocycles. The van der Waals surface area contributed by atoms with Crippen molar-refractivity contribution in [1.29, 1.82) is 0 Å². The first-order valence-electron chi connectivity index (χ1n) is 15.7. The zero-order chi connectivity index (χ0) is 24.8. The summed E-state index contributed by atoms with van der Waals surface area (Å²) in [6.07, 6.45) is 15.7. The van der Waals surface area contributed by atoms with Crippen LogP contribution in [0.5, 0.6) is 0 Å². The topological polar surface area (TPSA) is 32.7 Å². The summed E-state index contributed by atoms with van der Waals surface area (Å²) in [6.45, 7) is 7.37. The molecule has 7 fully saturated rings. The number of aliphatic hydroxyl groups is 1. The molecule has 12 atom stereocenters. The van der Waals surface area contributed by atoms with Crippen molar-refractivity contribution in [3.63, 3.8) is 0 Å². The predicted octanol–water partition coefficient (Wildman–Crippen LogP) is 6.36. The summed E-state index contributed by atoms with van der Waals surface area (Å²) >= 11 is 0. The fourth-order valence-electron chi connectivity index (χ4n) is 12.9. The lowest BCUT2D eigenvalue weighted by molar-refractivity contribution is -0.211. The van der Waals surface area contributed by atoms with Crippen molar-refractivity contribution in [2.45, 2.75) is 108 Å². The van der Waals surface area contributed by atoms with Gasteiger partial charge in [-0.1, -0.05) is 55.8 Å². The van der Waals surface area contributed by atoms with E-state index in [1.54, 1.807) is 5.57 Å². The lowest BCUT2D eigenvalue weighted by Gasteiger charge is -2.60. The first-order chi connectivity index (χ1) is 17.9. The van der Waals surface area contributed by atoms with Gasteiger partial charge in [-0.15, -0.1) is 0 Å². The SMILES string of the molecule is C[C@H]1C[C@H]2OC34CC[C@H]5[C@@H]6CCC7=C[C@@H](O)CC[C@]7(C)[C@H]6CC56CC63C[C@@H]4[C@@H]2N(Cc2ccccc2)C1. The highest BCUT2D eigenvalue weighted by Crippen LogP contribution is 2.93. The fraction of sp³-hybridized carbons (Fsp3) is 0.765. The molecule has 37 heavy (non-hydrogen) atoms. The maximum atomic E-state index is 10.4. The molecule has 3 nitrogen and oxygen atoms in total. The average molecular weight is 500 g/mol. The van der Waals surface area contributed by atoms with Gasteiger partial charge in [0.1, 0.15) is 0 Å². The normalized spacial score (nSPS) is 56.9. The Morgan fingerprint density at radius 2 is 1.89 bits per heavy atom. The van der Waals surface area contributed by atoms with Crippen molar-refractivity contribution in [2.24, 2.45) is 45.8 Å². The summed E-state index contributed by atoms with van der Waals surface area (Å²) in [7, 11) is 0. The van der Waals surface area contributed by atoms with Gasteiger partial charge < -0.3 is 9.84 Å². The van der Waals surface area contributed by atoms with Crippen LogP contribution in [0.3, 0.4) is 0 Å². The molecule has 1 N–H and O–H groups in total. The standard InChI is InChI=1S/C34H45NO2/c1-21-14-29-30(35(18-21)19-22-6-4-3-5-7-22)28-17-33-20-32(33)16-27-25(26(32)11-13-34(28,33)37-29)9-8-23-15-24(36)10-12-31(23,27)2/h3-7,15,21,24-30,36H,8-14,16-20H2,1-2H3/t21-,24-,25-,26-,27-,28+,29+,30-,31-,32?,33?,34?/m0/s1. The molecule has 1 aromatic rings. The van der Waals surface area contributed by atoms with Crippen molar-refractivity contribution >= 4 is 0 Å². The summed E-state index contributed by atoms with van der Waals surface area (Å²) in [5, 5.41) is 10.4. The van der Waals surface area contributed by atoms with Gasteiger partial charge in [0, 0.05) is 30.5 Å². The molecule has 2 aliphatic heterocycles. The second-order valence-electron chi connectivity index (χ2n) is 15.4. The zero-order valence-electron chi connectivity index (χ0n) is 22.9. The highest BCUT2D eigenvalue weighted by atomic mass is 16.5. The number of hydrogen-bond donors (Lipinski definition) is 1. The monoisotopic (exact) mass is 499 g/mol. The Morgan fingerprint density at radius 3 is 2.76 bits per heavy atom. The van der Waals surface area contributed by atoms with Gasteiger partial charge in [0.15, 0.2) is 0 Å². The second-order valence-corrected chi connectivity index (χ2v) is 15.4. The quantitative estimate of drug-likeness (QED) is 0.481. The molecule has 3 heteroatoms. The molecule has 8 aliphatic rings. The van der Waals surface area contributed by atoms with Crippen LogP contribution < -0.4 is 0 Å².